The van der Waals surface area contributed by atoms with Gasteiger partial charge >= 0.3 is 0 Å². The van der Waals surface area contributed by atoms with Crippen LogP contribution in [0.25, 0.3) is 5.70 Å². The number of rotatable bonds is 6. The van der Waals surface area contributed by atoms with Gasteiger partial charge in [0.05, 0.1) is 23.3 Å². The lowest BCUT2D eigenvalue weighted by Gasteiger charge is -2.26. The molecule has 1 aliphatic rings. The zero-order chi connectivity index (χ0) is 23.3. The molecule has 1 fully saturated rings. The van der Waals surface area contributed by atoms with Gasteiger partial charge in [-0.05, 0) is 60.9 Å². The van der Waals surface area contributed by atoms with E-state index in [0.717, 1.165) is 18.9 Å². The summed E-state index contributed by atoms with van der Waals surface area (Å²) in [6, 6.07) is 10.0. The molecule has 0 saturated carbocycles. The molecule has 3 rings (SSSR count). The second-order valence-electron chi connectivity index (χ2n) is 7.21. The summed E-state index contributed by atoms with van der Waals surface area (Å²) in [6.07, 6.45) is 3.62. The van der Waals surface area contributed by atoms with Crippen molar-refractivity contribution in [1.29, 1.82) is 5.26 Å². The molecule has 0 radical (unpaired) electrons. The normalized spacial score (nSPS) is 17.3. The van der Waals surface area contributed by atoms with Crippen molar-refractivity contribution < 1.29 is 13.9 Å². The van der Waals surface area contributed by atoms with Crippen molar-refractivity contribution in [2.45, 2.75) is 18.9 Å². The third-order valence-corrected chi connectivity index (χ3v) is 5.21. The van der Waals surface area contributed by atoms with Crippen molar-refractivity contribution in [3.05, 3.63) is 64.4 Å². The molecule has 0 aromatic heterocycles. The van der Waals surface area contributed by atoms with Gasteiger partial charge in [-0.15, -0.1) is 0 Å². The third kappa shape index (κ3) is 5.47. The molecule has 2 aromatic rings. The number of carbonyl (C=O) groups is 1. The Balaban J connectivity index is 1.83. The van der Waals surface area contributed by atoms with Gasteiger partial charge in [-0.2, -0.15) is 5.26 Å². The number of carbonyl (C=O) groups excluding carboxylic acids is 1. The van der Waals surface area contributed by atoms with Gasteiger partial charge in [-0.1, -0.05) is 11.6 Å². The van der Waals surface area contributed by atoms with E-state index in [-0.39, 0.29) is 33.9 Å². The zero-order valence-corrected chi connectivity index (χ0v) is 17.8. The highest BCUT2D eigenvalue weighted by Crippen LogP contribution is 2.30. The van der Waals surface area contributed by atoms with Crippen molar-refractivity contribution in [2.24, 2.45) is 22.2 Å². The van der Waals surface area contributed by atoms with Gasteiger partial charge in [-0.3, -0.25) is 9.79 Å². The molecular weight excluding hydrogens is 435 g/mol. The number of amides is 1. The number of hydrogen-bond acceptors (Lipinski definition) is 6. The number of hydrogen-bond donors (Lipinski definition) is 3. The van der Waals surface area contributed by atoms with Crippen LogP contribution in [0.3, 0.4) is 0 Å². The minimum atomic E-state index is -0.810. The molecule has 8 nitrogen and oxygen atoms in total. The standard InChI is InChI=1S/C22H22ClFN6O2/c23-17-10-14(24)5-8-18(17)32-16-6-3-13(4-7-16)20(26)19(22(28)31)21(27)29-15-2-1-9-30(11-15)12-25/h3-8,10,15H,1-2,9,11,26H2,(H2,27,29)(H2,28,31)/t15-/m1/s1. The second-order valence-corrected chi connectivity index (χ2v) is 7.62. The fourth-order valence-electron chi connectivity index (χ4n) is 3.34. The second kappa shape index (κ2) is 10.0. The maximum Gasteiger partial charge on any atom is 0.254 e. The third-order valence-electron chi connectivity index (χ3n) is 4.92. The number of piperidine rings is 1. The molecule has 2 aromatic carbocycles. The highest BCUT2D eigenvalue weighted by molar-refractivity contribution is 6.32. The van der Waals surface area contributed by atoms with Crippen LogP contribution in [-0.4, -0.2) is 35.8 Å². The monoisotopic (exact) mass is 456 g/mol. The molecule has 1 saturated heterocycles. The summed E-state index contributed by atoms with van der Waals surface area (Å²) >= 11 is 5.98. The summed E-state index contributed by atoms with van der Waals surface area (Å²) in [5, 5.41) is 9.21. The van der Waals surface area contributed by atoms with Crippen LogP contribution in [0, 0.1) is 17.3 Å². The summed E-state index contributed by atoms with van der Waals surface area (Å²) in [4.78, 5) is 18.1. The predicted octanol–water partition coefficient (Wildman–Crippen LogP) is 2.73. The Morgan fingerprint density at radius 2 is 1.94 bits per heavy atom. The Labute approximate surface area is 189 Å². The van der Waals surface area contributed by atoms with Crippen molar-refractivity contribution in [2.75, 3.05) is 13.1 Å². The van der Waals surface area contributed by atoms with Crippen LogP contribution < -0.4 is 21.9 Å². The van der Waals surface area contributed by atoms with Crippen LogP contribution >= 0.6 is 11.6 Å². The minimum absolute atomic E-state index is 0.0677. The SMILES string of the molecule is N#CN1CCC[C@@H](N=C(N)C(C(N)=O)=C(N)c2ccc(Oc3ccc(F)cc3Cl)cc2)C1. The van der Waals surface area contributed by atoms with Gasteiger partial charge in [0.15, 0.2) is 6.19 Å². The number of likely N-dealkylation sites (tertiary alicyclic amines) is 1. The smallest absolute Gasteiger partial charge is 0.254 e. The van der Waals surface area contributed by atoms with Crippen LogP contribution in [-0.2, 0) is 4.79 Å². The molecule has 32 heavy (non-hydrogen) atoms. The number of aliphatic imine (C=N–C) groups is 1. The van der Waals surface area contributed by atoms with E-state index in [0.29, 0.717) is 24.4 Å². The number of benzene rings is 2. The topological polar surface area (TPSA) is 144 Å². The number of halogens is 2. The van der Waals surface area contributed by atoms with Gasteiger partial charge in [0.25, 0.3) is 5.91 Å². The molecule has 1 atom stereocenters. The zero-order valence-electron chi connectivity index (χ0n) is 17.1. The highest BCUT2D eigenvalue weighted by atomic mass is 35.5. The summed E-state index contributed by atoms with van der Waals surface area (Å²) < 4.78 is 18.8. The maximum absolute atomic E-state index is 13.2. The van der Waals surface area contributed by atoms with E-state index in [4.69, 9.17) is 38.8 Å². The van der Waals surface area contributed by atoms with E-state index in [1.165, 1.54) is 12.1 Å². The fraction of sp³-hybridized carbons (Fsp3) is 0.227. The number of amidine groups is 1. The molecule has 6 N–H and O–H groups in total. The average molecular weight is 457 g/mol. The lowest BCUT2D eigenvalue weighted by atomic mass is 10.0. The largest absolute Gasteiger partial charge is 0.456 e. The quantitative estimate of drug-likeness (QED) is 0.264. The summed E-state index contributed by atoms with van der Waals surface area (Å²) in [7, 11) is 0. The first kappa shape index (κ1) is 22.9. The highest BCUT2D eigenvalue weighted by Gasteiger charge is 2.22. The van der Waals surface area contributed by atoms with Crippen LogP contribution in [0.2, 0.25) is 5.02 Å². The maximum atomic E-state index is 13.2. The van der Waals surface area contributed by atoms with E-state index in [1.54, 1.807) is 29.2 Å². The van der Waals surface area contributed by atoms with E-state index < -0.39 is 11.7 Å². The molecule has 0 bridgehead atoms. The Hall–Kier alpha value is -3.77. The van der Waals surface area contributed by atoms with E-state index in [2.05, 4.69) is 11.2 Å². The lowest BCUT2D eigenvalue weighted by molar-refractivity contribution is -0.114. The van der Waals surface area contributed by atoms with Gasteiger partial charge < -0.3 is 26.8 Å². The molecule has 166 valence electrons. The van der Waals surface area contributed by atoms with Gasteiger partial charge in [-0.25, -0.2) is 4.39 Å². The average Bonchev–Trinajstić information content (AvgIpc) is 2.76. The van der Waals surface area contributed by atoms with Crippen LogP contribution in [0.4, 0.5) is 4.39 Å². The predicted molar refractivity (Wildman–Crippen MR) is 120 cm³/mol. The molecule has 0 unspecified atom stereocenters. The Kier molecular flexibility index (Phi) is 7.18. The van der Waals surface area contributed by atoms with Gasteiger partial charge in [0.1, 0.15) is 28.7 Å². The fourth-order valence-corrected chi connectivity index (χ4v) is 3.55. The van der Waals surface area contributed by atoms with Gasteiger partial charge in [0, 0.05) is 6.54 Å². The Morgan fingerprint density at radius 1 is 1.22 bits per heavy atom. The van der Waals surface area contributed by atoms with Crippen molar-refractivity contribution >= 4 is 29.0 Å². The Morgan fingerprint density at radius 3 is 2.56 bits per heavy atom. The first-order chi connectivity index (χ1) is 15.3. The number of nitrogens with zero attached hydrogens (tertiary/aromatic N) is 3. The number of primary amides is 1. The summed E-state index contributed by atoms with van der Waals surface area (Å²) in [6.45, 7) is 1.09. The van der Waals surface area contributed by atoms with E-state index in [9.17, 15) is 9.18 Å². The van der Waals surface area contributed by atoms with Crippen molar-refractivity contribution in [3.8, 4) is 17.7 Å². The summed E-state index contributed by atoms with van der Waals surface area (Å²) in [5.74, 6) is -0.635. The van der Waals surface area contributed by atoms with Crippen LogP contribution in [0.15, 0.2) is 53.0 Å². The first-order valence-electron chi connectivity index (χ1n) is 9.79. The minimum Gasteiger partial charge on any atom is -0.456 e. The van der Waals surface area contributed by atoms with E-state index in [1.807, 2.05) is 0 Å². The molecule has 10 heteroatoms. The van der Waals surface area contributed by atoms with Crippen LogP contribution in [0.1, 0.15) is 18.4 Å². The molecule has 0 spiro atoms. The molecule has 1 aliphatic heterocycles. The van der Waals surface area contributed by atoms with Crippen molar-refractivity contribution in [1.82, 2.24) is 4.90 Å². The molecular formula is C22H22ClFN6O2. The first-order valence-corrected chi connectivity index (χ1v) is 10.2. The summed E-state index contributed by atoms with van der Waals surface area (Å²) in [5.41, 5.74) is 18.3. The van der Waals surface area contributed by atoms with Crippen molar-refractivity contribution in [3.63, 3.8) is 0 Å². The number of ether oxygens (including phenoxy) is 1. The number of nitriles is 1. The molecule has 0 aliphatic carbocycles. The molecule has 1 heterocycles. The molecule has 1 amide bonds. The Bertz CT molecular complexity index is 1110. The lowest BCUT2D eigenvalue weighted by Crippen LogP contribution is -2.37. The van der Waals surface area contributed by atoms with Gasteiger partial charge in [0.2, 0.25) is 0 Å². The number of nitrogens with two attached hydrogens (primary N) is 3. The van der Waals surface area contributed by atoms with E-state index >= 15 is 0 Å². The van der Waals surface area contributed by atoms with Crippen LogP contribution in [0.5, 0.6) is 11.5 Å².